The van der Waals surface area contributed by atoms with E-state index < -0.39 is 0 Å². The van der Waals surface area contributed by atoms with Gasteiger partial charge in [-0.25, -0.2) is 4.98 Å². The molecule has 1 aromatic carbocycles. The van der Waals surface area contributed by atoms with E-state index >= 15 is 0 Å². The van der Waals surface area contributed by atoms with Gasteiger partial charge in [-0.2, -0.15) is 0 Å². The van der Waals surface area contributed by atoms with Crippen LogP contribution in [-0.2, 0) is 11.3 Å². The number of carbonyl (C=O) groups excluding carboxylic acids is 1. The van der Waals surface area contributed by atoms with Gasteiger partial charge in [0.2, 0.25) is 5.91 Å². The van der Waals surface area contributed by atoms with E-state index in [9.17, 15) is 4.79 Å². The van der Waals surface area contributed by atoms with Crippen molar-refractivity contribution < 1.29 is 9.53 Å². The minimum atomic E-state index is -0.172. The summed E-state index contributed by atoms with van der Waals surface area (Å²) in [5.41, 5.74) is 2.84. The van der Waals surface area contributed by atoms with E-state index in [0.717, 1.165) is 55.5 Å². The van der Waals surface area contributed by atoms with Crippen molar-refractivity contribution in [3.8, 4) is 5.75 Å². The van der Waals surface area contributed by atoms with E-state index in [2.05, 4.69) is 30.7 Å². The molecule has 1 fully saturated rings. The maximum Gasteiger partial charge on any atom is 0.241 e. The van der Waals surface area contributed by atoms with E-state index in [1.165, 1.54) is 0 Å². The zero-order chi connectivity index (χ0) is 20.2. The summed E-state index contributed by atoms with van der Waals surface area (Å²) in [5.74, 6) is 0.793. The molecule has 3 aromatic rings. The zero-order valence-electron chi connectivity index (χ0n) is 16.9. The molecule has 7 nitrogen and oxygen atoms in total. The normalized spacial score (nSPS) is 16.6. The maximum absolute atomic E-state index is 12.6. The number of ether oxygens (including phenoxy) is 1. The lowest BCUT2D eigenvalue weighted by atomic mass is 10.2. The fourth-order valence-corrected chi connectivity index (χ4v) is 3.69. The average Bonchev–Trinajstić information content (AvgIpc) is 3.16. The Morgan fingerprint density at radius 1 is 1.14 bits per heavy atom. The first kappa shape index (κ1) is 19.4. The maximum atomic E-state index is 12.6. The van der Waals surface area contributed by atoms with Gasteiger partial charge in [-0.3, -0.25) is 14.6 Å². The lowest BCUT2D eigenvalue weighted by Gasteiger charge is -2.37. The number of hydrogen-bond donors (Lipinski definition) is 1. The van der Waals surface area contributed by atoms with Crippen LogP contribution in [0, 0.1) is 0 Å². The van der Waals surface area contributed by atoms with E-state index in [1.807, 2.05) is 55.6 Å². The Morgan fingerprint density at radius 3 is 2.59 bits per heavy atom. The number of hydrogen-bond acceptors (Lipinski definition) is 5. The van der Waals surface area contributed by atoms with Crippen LogP contribution in [0.25, 0.3) is 5.65 Å². The topological polar surface area (TPSA) is 62.1 Å². The first-order chi connectivity index (χ1) is 14.1. The quantitative estimate of drug-likeness (QED) is 0.697. The van der Waals surface area contributed by atoms with Crippen LogP contribution in [0.5, 0.6) is 5.75 Å². The summed E-state index contributed by atoms with van der Waals surface area (Å²) < 4.78 is 7.21. The Kier molecular flexibility index (Phi) is 5.78. The zero-order valence-corrected chi connectivity index (χ0v) is 16.9. The van der Waals surface area contributed by atoms with Crippen molar-refractivity contribution in [2.45, 2.75) is 19.5 Å². The van der Waals surface area contributed by atoms with Gasteiger partial charge in [0.15, 0.2) is 0 Å². The van der Waals surface area contributed by atoms with Crippen molar-refractivity contribution in [1.82, 2.24) is 19.2 Å². The van der Waals surface area contributed by atoms with Gasteiger partial charge in [0.25, 0.3) is 0 Å². The number of rotatable bonds is 6. The average molecular weight is 393 g/mol. The van der Waals surface area contributed by atoms with E-state index in [4.69, 9.17) is 4.74 Å². The molecule has 29 heavy (non-hydrogen) atoms. The molecule has 1 saturated heterocycles. The van der Waals surface area contributed by atoms with Crippen molar-refractivity contribution in [3.05, 3.63) is 60.6 Å². The number of pyridine rings is 1. The molecule has 0 spiro atoms. The largest absolute Gasteiger partial charge is 0.497 e. The molecule has 0 saturated carbocycles. The second kappa shape index (κ2) is 8.63. The number of piperazine rings is 1. The highest BCUT2D eigenvalue weighted by atomic mass is 16.5. The predicted octanol–water partition coefficient (Wildman–Crippen LogP) is 2.49. The van der Waals surface area contributed by atoms with Gasteiger partial charge in [0, 0.05) is 50.8 Å². The fraction of sp³-hybridized carbons (Fsp3) is 0.364. The van der Waals surface area contributed by atoms with Gasteiger partial charge >= 0.3 is 0 Å². The Bertz CT molecular complexity index is 928. The van der Waals surface area contributed by atoms with Gasteiger partial charge < -0.3 is 14.5 Å². The number of methoxy groups -OCH3 is 1. The molecule has 0 aliphatic carbocycles. The number of aromatic nitrogens is 2. The van der Waals surface area contributed by atoms with E-state index in [-0.39, 0.29) is 11.9 Å². The van der Waals surface area contributed by atoms with Crippen LogP contribution in [-0.4, -0.2) is 64.4 Å². The molecule has 1 aliphatic heterocycles. The SMILES string of the molecule is COc1ccc(NC(=O)C(C)N2CCN(Cc3cn4ccccc4n3)CC2)cc1. The standard InChI is InChI=1S/C22H27N5O2/c1-17(22(28)24-18-6-8-20(29-2)9-7-18)26-13-11-25(12-14-26)15-19-16-27-10-4-3-5-21(27)23-19/h3-10,16-17H,11-15H2,1-2H3,(H,24,28). The van der Waals surface area contributed by atoms with Crippen LogP contribution < -0.4 is 10.1 Å². The van der Waals surface area contributed by atoms with Crippen molar-refractivity contribution in [1.29, 1.82) is 0 Å². The number of benzene rings is 1. The van der Waals surface area contributed by atoms with Crippen LogP contribution >= 0.6 is 0 Å². The summed E-state index contributed by atoms with van der Waals surface area (Å²) >= 11 is 0. The molecule has 1 atom stereocenters. The monoisotopic (exact) mass is 393 g/mol. The van der Waals surface area contributed by atoms with Crippen molar-refractivity contribution in [2.24, 2.45) is 0 Å². The number of nitrogens with zero attached hydrogens (tertiary/aromatic N) is 4. The number of anilines is 1. The van der Waals surface area contributed by atoms with Gasteiger partial charge in [-0.1, -0.05) is 6.07 Å². The van der Waals surface area contributed by atoms with Gasteiger partial charge in [-0.05, 0) is 43.3 Å². The molecule has 2 aromatic heterocycles. The minimum Gasteiger partial charge on any atom is -0.497 e. The third kappa shape index (κ3) is 4.58. The number of imidazole rings is 1. The number of carbonyl (C=O) groups is 1. The Morgan fingerprint density at radius 2 is 1.90 bits per heavy atom. The number of amides is 1. The second-order valence-electron chi connectivity index (χ2n) is 7.40. The molecule has 0 radical (unpaired) electrons. The van der Waals surface area contributed by atoms with Crippen LogP contribution in [0.1, 0.15) is 12.6 Å². The molecule has 7 heteroatoms. The lowest BCUT2D eigenvalue weighted by Crippen LogP contribution is -2.52. The highest BCUT2D eigenvalue weighted by molar-refractivity contribution is 5.94. The van der Waals surface area contributed by atoms with Crippen molar-refractivity contribution in [2.75, 3.05) is 38.6 Å². The molecular formula is C22H27N5O2. The van der Waals surface area contributed by atoms with E-state index in [0.29, 0.717) is 0 Å². The fourth-order valence-electron chi connectivity index (χ4n) is 3.69. The molecule has 1 unspecified atom stereocenters. The van der Waals surface area contributed by atoms with Crippen LogP contribution in [0.15, 0.2) is 54.9 Å². The third-order valence-electron chi connectivity index (χ3n) is 5.49. The second-order valence-corrected chi connectivity index (χ2v) is 7.40. The van der Waals surface area contributed by atoms with Gasteiger partial charge in [-0.15, -0.1) is 0 Å². The predicted molar refractivity (Wildman–Crippen MR) is 113 cm³/mol. The summed E-state index contributed by atoms with van der Waals surface area (Å²) in [6, 6.07) is 13.3. The first-order valence-electron chi connectivity index (χ1n) is 9.96. The van der Waals surface area contributed by atoms with Crippen molar-refractivity contribution >= 4 is 17.2 Å². The van der Waals surface area contributed by atoms with Crippen LogP contribution in [0.2, 0.25) is 0 Å². The Balaban J connectivity index is 1.28. The summed E-state index contributed by atoms with van der Waals surface area (Å²) in [6.45, 7) is 6.38. The molecule has 1 aliphatic rings. The minimum absolute atomic E-state index is 0.0176. The van der Waals surface area contributed by atoms with Crippen molar-refractivity contribution in [3.63, 3.8) is 0 Å². The molecule has 0 bridgehead atoms. The highest BCUT2D eigenvalue weighted by Crippen LogP contribution is 2.17. The highest BCUT2D eigenvalue weighted by Gasteiger charge is 2.26. The molecule has 152 valence electrons. The van der Waals surface area contributed by atoms with Gasteiger partial charge in [0.1, 0.15) is 11.4 Å². The Hall–Kier alpha value is -2.90. The number of fused-ring (bicyclic) bond motifs is 1. The van der Waals surface area contributed by atoms with Crippen LogP contribution in [0.4, 0.5) is 5.69 Å². The van der Waals surface area contributed by atoms with E-state index in [1.54, 1.807) is 7.11 Å². The summed E-state index contributed by atoms with van der Waals surface area (Å²) in [4.78, 5) is 21.9. The number of nitrogens with one attached hydrogen (secondary N) is 1. The van der Waals surface area contributed by atoms with Gasteiger partial charge in [0.05, 0.1) is 18.8 Å². The molecule has 4 rings (SSSR count). The summed E-state index contributed by atoms with van der Waals surface area (Å²) in [6.07, 6.45) is 4.11. The molecule has 1 amide bonds. The third-order valence-corrected chi connectivity index (χ3v) is 5.49. The summed E-state index contributed by atoms with van der Waals surface area (Å²) in [5, 5.41) is 2.99. The first-order valence-corrected chi connectivity index (χ1v) is 9.96. The molecular weight excluding hydrogens is 366 g/mol. The van der Waals surface area contributed by atoms with Crippen LogP contribution in [0.3, 0.4) is 0 Å². The Labute approximate surface area is 170 Å². The summed E-state index contributed by atoms with van der Waals surface area (Å²) in [7, 11) is 1.63. The lowest BCUT2D eigenvalue weighted by molar-refractivity contribution is -0.121. The smallest absolute Gasteiger partial charge is 0.241 e. The molecule has 1 N–H and O–H groups in total. The molecule has 3 heterocycles.